The predicted molar refractivity (Wildman–Crippen MR) is 113 cm³/mol. The minimum atomic E-state index is -0.139. The minimum Gasteiger partial charge on any atom is -0.466 e. The van der Waals surface area contributed by atoms with Gasteiger partial charge in [-0.1, -0.05) is 19.3 Å². The molecule has 1 aliphatic carbocycles. The van der Waals surface area contributed by atoms with Crippen molar-refractivity contribution in [3.63, 3.8) is 0 Å². The van der Waals surface area contributed by atoms with E-state index >= 15 is 0 Å². The number of ether oxygens (including phenoxy) is 1. The molecular formula is C21H38ClN3O3. The SMILES string of the molecule is CCOC(=O)CCC1CN(C2CCCCC2)C(=O)N1CCC1CCNCC1.Cl. The molecule has 1 unspecified atom stereocenters. The van der Waals surface area contributed by atoms with Crippen molar-refractivity contribution in [3.8, 4) is 0 Å². The lowest BCUT2D eigenvalue weighted by molar-refractivity contribution is -0.143. The van der Waals surface area contributed by atoms with Crippen molar-refractivity contribution in [3.05, 3.63) is 0 Å². The summed E-state index contributed by atoms with van der Waals surface area (Å²) in [5.41, 5.74) is 0. The van der Waals surface area contributed by atoms with Crippen LogP contribution in [0.25, 0.3) is 0 Å². The van der Waals surface area contributed by atoms with Crippen LogP contribution < -0.4 is 5.32 Å². The van der Waals surface area contributed by atoms with Gasteiger partial charge in [-0.2, -0.15) is 0 Å². The molecule has 0 radical (unpaired) electrons. The summed E-state index contributed by atoms with van der Waals surface area (Å²) in [7, 11) is 0. The standard InChI is InChI=1S/C21H37N3O3.ClH/c1-2-27-20(25)9-8-19-16-24(18-6-4-3-5-7-18)21(26)23(19)15-12-17-10-13-22-14-11-17;/h17-19,22H,2-16H2,1H3;1H. The second-order valence-corrected chi connectivity index (χ2v) is 8.40. The van der Waals surface area contributed by atoms with Crippen LogP contribution in [0.2, 0.25) is 0 Å². The highest BCUT2D eigenvalue weighted by molar-refractivity contribution is 5.85. The number of rotatable bonds is 8. The second kappa shape index (κ2) is 11.9. The number of carbonyl (C=O) groups is 2. The third kappa shape index (κ3) is 6.24. The lowest BCUT2D eigenvalue weighted by atomic mass is 9.94. The molecule has 2 heterocycles. The number of halogens is 1. The maximum atomic E-state index is 13.2. The first-order chi connectivity index (χ1) is 13.2. The molecule has 1 N–H and O–H groups in total. The largest absolute Gasteiger partial charge is 0.466 e. The van der Waals surface area contributed by atoms with Gasteiger partial charge in [0.25, 0.3) is 0 Å². The van der Waals surface area contributed by atoms with Gasteiger partial charge in [-0.15, -0.1) is 12.4 Å². The Labute approximate surface area is 176 Å². The molecule has 3 aliphatic rings. The van der Waals surface area contributed by atoms with Gasteiger partial charge in [-0.25, -0.2) is 4.79 Å². The molecular weight excluding hydrogens is 378 g/mol. The summed E-state index contributed by atoms with van der Waals surface area (Å²) >= 11 is 0. The fourth-order valence-electron chi connectivity index (χ4n) is 4.96. The molecule has 0 aromatic carbocycles. The fourth-order valence-corrected chi connectivity index (χ4v) is 4.96. The Kier molecular flexibility index (Phi) is 9.86. The van der Waals surface area contributed by atoms with Crippen LogP contribution in [0.4, 0.5) is 4.79 Å². The van der Waals surface area contributed by atoms with Crippen LogP contribution in [0.3, 0.4) is 0 Å². The number of hydrogen-bond acceptors (Lipinski definition) is 4. The van der Waals surface area contributed by atoms with Crippen molar-refractivity contribution >= 4 is 24.4 Å². The van der Waals surface area contributed by atoms with E-state index in [2.05, 4.69) is 15.1 Å². The Bertz CT molecular complexity index is 493. The third-order valence-electron chi connectivity index (χ3n) is 6.58. The van der Waals surface area contributed by atoms with E-state index < -0.39 is 0 Å². The predicted octanol–water partition coefficient (Wildman–Crippen LogP) is 3.58. The molecule has 0 spiro atoms. The summed E-state index contributed by atoms with van der Waals surface area (Å²) in [4.78, 5) is 29.2. The molecule has 7 heteroatoms. The molecule has 0 aromatic heterocycles. The van der Waals surface area contributed by atoms with Crippen LogP contribution in [0, 0.1) is 5.92 Å². The van der Waals surface area contributed by atoms with Gasteiger partial charge in [0.15, 0.2) is 0 Å². The molecule has 3 rings (SSSR count). The number of hydrogen-bond donors (Lipinski definition) is 1. The van der Waals surface area contributed by atoms with Crippen molar-refractivity contribution < 1.29 is 14.3 Å². The highest BCUT2D eigenvalue weighted by Gasteiger charge is 2.40. The number of esters is 1. The zero-order valence-electron chi connectivity index (χ0n) is 17.4. The van der Waals surface area contributed by atoms with E-state index in [1.54, 1.807) is 0 Å². The van der Waals surface area contributed by atoms with Crippen LogP contribution in [-0.2, 0) is 9.53 Å². The number of urea groups is 1. The van der Waals surface area contributed by atoms with Crippen molar-refractivity contribution in [1.29, 1.82) is 0 Å². The first kappa shape index (κ1) is 23.3. The lowest BCUT2D eigenvalue weighted by Crippen LogP contribution is -2.41. The van der Waals surface area contributed by atoms with Crippen LogP contribution in [0.5, 0.6) is 0 Å². The highest BCUT2D eigenvalue weighted by Crippen LogP contribution is 2.30. The van der Waals surface area contributed by atoms with E-state index in [0.717, 1.165) is 51.9 Å². The monoisotopic (exact) mass is 415 g/mol. The molecule has 0 bridgehead atoms. The van der Waals surface area contributed by atoms with E-state index in [9.17, 15) is 9.59 Å². The van der Waals surface area contributed by atoms with E-state index in [1.807, 2.05) is 6.92 Å². The Morgan fingerprint density at radius 1 is 1.11 bits per heavy atom. The smallest absolute Gasteiger partial charge is 0.320 e. The van der Waals surface area contributed by atoms with Gasteiger partial charge in [0.1, 0.15) is 0 Å². The summed E-state index contributed by atoms with van der Waals surface area (Å²) in [5, 5.41) is 3.41. The van der Waals surface area contributed by atoms with Crippen molar-refractivity contribution in [2.45, 2.75) is 83.2 Å². The topological polar surface area (TPSA) is 61.9 Å². The average Bonchev–Trinajstić information content (AvgIpc) is 3.02. The average molecular weight is 416 g/mol. The molecule has 2 aliphatic heterocycles. The van der Waals surface area contributed by atoms with Gasteiger partial charge in [0.2, 0.25) is 0 Å². The number of piperidine rings is 1. The quantitative estimate of drug-likeness (QED) is 0.615. The fraction of sp³-hybridized carbons (Fsp3) is 0.905. The zero-order chi connectivity index (χ0) is 19.1. The first-order valence-corrected chi connectivity index (χ1v) is 11.1. The van der Waals surface area contributed by atoms with Crippen molar-refractivity contribution in [2.75, 3.05) is 32.8 Å². The molecule has 28 heavy (non-hydrogen) atoms. The second-order valence-electron chi connectivity index (χ2n) is 8.40. The lowest BCUT2D eigenvalue weighted by Gasteiger charge is -2.31. The zero-order valence-corrected chi connectivity index (χ0v) is 18.2. The molecule has 2 saturated heterocycles. The summed E-state index contributed by atoms with van der Waals surface area (Å²) in [6.07, 6.45) is 10.7. The normalized spacial score (nSPS) is 24.3. The Morgan fingerprint density at radius 3 is 2.50 bits per heavy atom. The molecule has 2 amide bonds. The first-order valence-electron chi connectivity index (χ1n) is 11.1. The Morgan fingerprint density at radius 2 is 1.82 bits per heavy atom. The van der Waals surface area contributed by atoms with Gasteiger partial charge in [-0.3, -0.25) is 4.79 Å². The molecule has 3 fully saturated rings. The van der Waals surface area contributed by atoms with Gasteiger partial charge in [0.05, 0.1) is 12.6 Å². The van der Waals surface area contributed by atoms with Crippen LogP contribution in [0.15, 0.2) is 0 Å². The van der Waals surface area contributed by atoms with Crippen LogP contribution in [0.1, 0.15) is 71.1 Å². The molecule has 0 aromatic rings. The number of nitrogens with zero attached hydrogens (tertiary/aromatic N) is 2. The van der Waals surface area contributed by atoms with E-state index in [-0.39, 0.29) is 30.4 Å². The van der Waals surface area contributed by atoms with E-state index in [4.69, 9.17) is 4.74 Å². The van der Waals surface area contributed by atoms with Crippen molar-refractivity contribution in [1.82, 2.24) is 15.1 Å². The van der Waals surface area contributed by atoms with E-state index in [0.29, 0.717) is 25.0 Å². The third-order valence-corrected chi connectivity index (χ3v) is 6.58. The molecule has 6 nitrogen and oxygen atoms in total. The summed E-state index contributed by atoms with van der Waals surface area (Å²) in [6.45, 7) is 6.08. The molecule has 1 saturated carbocycles. The maximum absolute atomic E-state index is 13.2. The Hall–Kier alpha value is -1.01. The van der Waals surface area contributed by atoms with Gasteiger partial charge < -0.3 is 19.9 Å². The minimum absolute atomic E-state index is 0. The number of amides is 2. The number of carbonyl (C=O) groups excluding carboxylic acids is 2. The van der Waals surface area contributed by atoms with Crippen LogP contribution >= 0.6 is 12.4 Å². The Balaban J connectivity index is 0.00000280. The summed E-state index contributed by atoms with van der Waals surface area (Å²) in [5.74, 6) is 0.577. The highest BCUT2D eigenvalue weighted by atomic mass is 35.5. The van der Waals surface area contributed by atoms with Crippen LogP contribution in [-0.4, -0.2) is 66.7 Å². The maximum Gasteiger partial charge on any atom is 0.320 e. The van der Waals surface area contributed by atoms with Crippen molar-refractivity contribution in [2.24, 2.45) is 5.92 Å². The molecule has 1 atom stereocenters. The van der Waals surface area contributed by atoms with Gasteiger partial charge >= 0.3 is 12.0 Å². The van der Waals surface area contributed by atoms with Gasteiger partial charge in [0, 0.05) is 25.6 Å². The molecule has 162 valence electrons. The summed E-state index contributed by atoms with van der Waals surface area (Å²) in [6, 6.07) is 0.774. The van der Waals surface area contributed by atoms with Gasteiger partial charge in [-0.05, 0) is 64.5 Å². The summed E-state index contributed by atoms with van der Waals surface area (Å²) < 4.78 is 5.10. The van der Waals surface area contributed by atoms with E-state index in [1.165, 1.54) is 32.1 Å². The number of nitrogens with one attached hydrogen (secondary N) is 1.